The van der Waals surface area contributed by atoms with Crippen LogP contribution in [0.4, 0.5) is 5.82 Å². The van der Waals surface area contributed by atoms with Gasteiger partial charge in [0.15, 0.2) is 0 Å². The summed E-state index contributed by atoms with van der Waals surface area (Å²) in [6, 6.07) is 0. The van der Waals surface area contributed by atoms with Gasteiger partial charge >= 0.3 is 0 Å². The first-order valence-electron chi connectivity index (χ1n) is 13.2. The summed E-state index contributed by atoms with van der Waals surface area (Å²) in [4.78, 5) is 30.5. The number of aliphatic imine (C=N–C) groups is 1. The maximum atomic E-state index is 12.5. The average molecular weight is 524 g/mol. The minimum Gasteiger partial charge on any atom is -0.382 e. The third-order valence-corrected chi connectivity index (χ3v) is 6.71. The molecule has 8 nitrogen and oxygen atoms in total. The van der Waals surface area contributed by atoms with Gasteiger partial charge in [-0.25, -0.2) is 15.0 Å². The zero-order valence-corrected chi connectivity index (χ0v) is 23.0. The molecule has 0 saturated carbocycles. The topological polar surface area (TPSA) is 92.1 Å². The lowest BCUT2D eigenvalue weighted by Gasteiger charge is -2.32. The number of hydrogen-bond acceptors (Lipinski definition) is 6. The van der Waals surface area contributed by atoms with Crippen LogP contribution in [0.3, 0.4) is 0 Å². The summed E-state index contributed by atoms with van der Waals surface area (Å²) >= 11 is 0. The van der Waals surface area contributed by atoms with E-state index in [4.69, 9.17) is 10.7 Å². The van der Waals surface area contributed by atoms with Crippen molar-refractivity contribution in [2.24, 2.45) is 4.99 Å². The fourth-order valence-corrected chi connectivity index (χ4v) is 4.75. The number of hydrogen-bond donors (Lipinski definition) is 1. The molecule has 0 aromatic carbocycles. The zero-order valence-electron chi connectivity index (χ0n) is 23.0. The van der Waals surface area contributed by atoms with E-state index in [9.17, 15) is 4.79 Å². The molecule has 1 amide bonds. The Kier molecular flexibility index (Phi) is 8.88. The highest BCUT2D eigenvalue weighted by Gasteiger charge is 2.29. The Morgan fingerprint density at radius 1 is 1.21 bits per heavy atom. The third-order valence-electron chi connectivity index (χ3n) is 6.71. The molecule has 0 unspecified atom stereocenters. The number of piperidine rings is 1. The second-order valence-electron chi connectivity index (χ2n) is 9.96. The first kappa shape index (κ1) is 27.7. The van der Waals surface area contributed by atoms with E-state index in [2.05, 4.69) is 23.1 Å². The van der Waals surface area contributed by atoms with E-state index in [0.29, 0.717) is 31.1 Å². The summed E-state index contributed by atoms with van der Waals surface area (Å²) in [6.45, 7) is 12.0. The molecule has 0 radical (unpaired) electrons. The second kappa shape index (κ2) is 12.5. The first-order chi connectivity index (χ1) is 18.8. The molecule has 202 valence electrons. The van der Waals surface area contributed by atoms with Gasteiger partial charge in [-0.1, -0.05) is 55.7 Å². The summed E-state index contributed by atoms with van der Waals surface area (Å²) in [5.41, 5.74) is 10.9. The zero-order chi connectivity index (χ0) is 27.9. The van der Waals surface area contributed by atoms with Crippen LogP contribution in [0.5, 0.6) is 0 Å². The van der Waals surface area contributed by atoms with Gasteiger partial charge < -0.3 is 15.5 Å². The molecule has 1 fully saturated rings. The maximum Gasteiger partial charge on any atom is 0.236 e. The van der Waals surface area contributed by atoms with Gasteiger partial charge in [0.1, 0.15) is 22.9 Å². The molecule has 1 aliphatic heterocycles. The van der Waals surface area contributed by atoms with Crippen LogP contribution < -0.4 is 5.73 Å². The summed E-state index contributed by atoms with van der Waals surface area (Å²) in [5.74, 6) is 1.72. The Morgan fingerprint density at radius 3 is 2.67 bits per heavy atom. The van der Waals surface area contributed by atoms with Gasteiger partial charge in [-0.15, -0.1) is 0 Å². The smallest absolute Gasteiger partial charge is 0.236 e. The Morgan fingerprint density at radius 2 is 1.95 bits per heavy atom. The van der Waals surface area contributed by atoms with Crippen molar-refractivity contribution in [2.75, 3.05) is 39.5 Å². The monoisotopic (exact) mass is 523 g/mol. The van der Waals surface area contributed by atoms with Gasteiger partial charge in [-0.2, -0.15) is 0 Å². The van der Waals surface area contributed by atoms with Crippen LogP contribution in [0.15, 0.2) is 96.5 Å². The average Bonchev–Trinajstić information content (AvgIpc) is 3.30. The fraction of sp³-hybridized carbons (Fsp3) is 0.290. The van der Waals surface area contributed by atoms with Gasteiger partial charge in [-0.05, 0) is 51.6 Å². The first-order valence-corrected chi connectivity index (χ1v) is 13.2. The molecular weight excluding hydrogens is 486 g/mol. The van der Waals surface area contributed by atoms with E-state index >= 15 is 0 Å². The van der Waals surface area contributed by atoms with Crippen molar-refractivity contribution >= 4 is 28.5 Å². The molecule has 0 bridgehead atoms. The van der Waals surface area contributed by atoms with Crippen LogP contribution in [0.25, 0.3) is 11.1 Å². The molecule has 2 aromatic heterocycles. The summed E-state index contributed by atoms with van der Waals surface area (Å²) in [6.07, 6.45) is 22.7. The molecule has 3 heterocycles. The van der Waals surface area contributed by atoms with Crippen molar-refractivity contribution in [3.8, 4) is 0 Å². The molecule has 2 aliphatic rings. The van der Waals surface area contributed by atoms with E-state index in [1.54, 1.807) is 6.20 Å². The molecule has 2 N–H and O–H groups in total. The lowest BCUT2D eigenvalue weighted by Crippen LogP contribution is -2.42. The van der Waals surface area contributed by atoms with Crippen LogP contribution >= 0.6 is 0 Å². The number of carbonyl (C=O) groups is 1. The molecular formula is C31H37N7O. The van der Waals surface area contributed by atoms with Gasteiger partial charge in [0.05, 0.1) is 18.0 Å². The quantitative estimate of drug-likeness (QED) is 0.505. The highest BCUT2D eigenvalue weighted by atomic mass is 16.2. The van der Waals surface area contributed by atoms with Crippen LogP contribution in [-0.2, 0) is 4.79 Å². The van der Waals surface area contributed by atoms with Gasteiger partial charge in [0, 0.05) is 37.0 Å². The molecule has 8 heteroatoms. The van der Waals surface area contributed by atoms with E-state index < -0.39 is 0 Å². The van der Waals surface area contributed by atoms with E-state index in [-0.39, 0.29) is 11.8 Å². The predicted octanol–water partition coefficient (Wildman–Crippen LogP) is 4.73. The SMILES string of the molecule is C=C(/C=C/C=C\C=C/C)N=C1C=C(c2nc(C3CCN(C(=O)CN(C)C)CC3)n3ccnc(N)c23)C=CC1=C. The maximum absolute atomic E-state index is 12.5. The number of nitrogens with zero attached hydrogens (tertiary/aromatic N) is 6. The minimum atomic E-state index is 0.162. The van der Waals surface area contributed by atoms with Crippen molar-refractivity contribution in [1.82, 2.24) is 24.2 Å². The van der Waals surface area contributed by atoms with Crippen LogP contribution in [0, 0.1) is 0 Å². The van der Waals surface area contributed by atoms with Crippen LogP contribution in [0.1, 0.15) is 37.2 Å². The van der Waals surface area contributed by atoms with Crippen molar-refractivity contribution < 1.29 is 4.79 Å². The molecule has 1 aliphatic carbocycles. The highest BCUT2D eigenvalue weighted by Crippen LogP contribution is 2.34. The summed E-state index contributed by atoms with van der Waals surface area (Å²) in [5, 5.41) is 0. The predicted molar refractivity (Wildman–Crippen MR) is 160 cm³/mol. The lowest BCUT2D eigenvalue weighted by molar-refractivity contribution is -0.132. The number of amides is 1. The Balaban J connectivity index is 1.62. The number of imidazole rings is 1. The summed E-state index contributed by atoms with van der Waals surface area (Å²) < 4.78 is 2.05. The molecule has 0 spiro atoms. The number of allylic oxidation sites excluding steroid dienone is 11. The number of rotatable bonds is 8. The van der Waals surface area contributed by atoms with Crippen molar-refractivity contribution in [3.05, 3.63) is 103 Å². The second-order valence-corrected chi connectivity index (χ2v) is 9.96. The number of fused-ring (bicyclic) bond motifs is 1. The standard InChI is InChI=1S/C31H37N7O/c1-6-7-8-9-10-11-23(3)34-26-20-25(13-12-22(26)2)28-29-30(32)33-16-19-38(29)31(35-28)24-14-17-37(18-15-24)27(39)21-36(4)5/h6-13,16,19-20,24H,2-3,14-15,17-18,21H2,1,4-5H3,(H2,32,33)/b7-6-,9-8-,11-10+,34-26?. The van der Waals surface area contributed by atoms with Crippen molar-refractivity contribution in [2.45, 2.75) is 25.7 Å². The largest absolute Gasteiger partial charge is 0.382 e. The number of anilines is 1. The minimum absolute atomic E-state index is 0.162. The number of likely N-dealkylation sites (N-methyl/N-ethyl adjacent to an activating group) is 1. The van der Waals surface area contributed by atoms with Gasteiger partial charge in [-0.3, -0.25) is 9.20 Å². The Labute approximate surface area is 230 Å². The number of aromatic nitrogens is 3. The number of nitrogen functional groups attached to an aromatic ring is 1. The molecule has 39 heavy (non-hydrogen) atoms. The molecule has 0 atom stereocenters. The van der Waals surface area contributed by atoms with E-state index in [1.807, 2.05) is 96.1 Å². The highest BCUT2D eigenvalue weighted by molar-refractivity contribution is 6.17. The normalized spacial score (nSPS) is 18.1. The molecule has 2 aromatic rings. The van der Waals surface area contributed by atoms with Gasteiger partial charge in [0.2, 0.25) is 5.91 Å². The Bertz CT molecular complexity index is 1440. The van der Waals surface area contributed by atoms with Crippen LogP contribution in [0.2, 0.25) is 0 Å². The fourth-order valence-electron chi connectivity index (χ4n) is 4.75. The number of carbonyl (C=O) groups excluding carboxylic acids is 1. The third kappa shape index (κ3) is 6.59. The van der Waals surface area contributed by atoms with Gasteiger partial charge in [0.25, 0.3) is 0 Å². The molecule has 1 saturated heterocycles. The van der Waals surface area contributed by atoms with E-state index in [1.165, 1.54) is 0 Å². The van der Waals surface area contributed by atoms with Crippen molar-refractivity contribution in [3.63, 3.8) is 0 Å². The Hall–Kier alpha value is -4.30. The summed E-state index contributed by atoms with van der Waals surface area (Å²) in [7, 11) is 3.83. The molecule has 4 rings (SSSR count). The lowest BCUT2D eigenvalue weighted by atomic mass is 9.96. The van der Waals surface area contributed by atoms with E-state index in [0.717, 1.165) is 46.7 Å². The number of likely N-dealkylation sites (tertiary alicyclic amines) is 1. The number of nitrogens with two attached hydrogens (primary N) is 1. The van der Waals surface area contributed by atoms with Crippen LogP contribution in [-0.4, -0.2) is 69.5 Å². The van der Waals surface area contributed by atoms with Crippen molar-refractivity contribution in [1.29, 1.82) is 0 Å².